The van der Waals surface area contributed by atoms with Crippen LogP contribution >= 0.6 is 0 Å². The first-order valence-electron chi connectivity index (χ1n) is 12.1. The van der Waals surface area contributed by atoms with Gasteiger partial charge < -0.3 is 18.8 Å². The minimum absolute atomic E-state index is 0.116. The number of halogens is 3. The summed E-state index contributed by atoms with van der Waals surface area (Å²) in [5.41, 5.74) is -1.55. The second-order valence-electron chi connectivity index (χ2n) is 10.4. The fourth-order valence-electron chi connectivity index (χ4n) is 4.22. The zero-order valence-electron chi connectivity index (χ0n) is 22.0. The van der Waals surface area contributed by atoms with Crippen molar-refractivity contribution in [1.29, 1.82) is 0 Å². The average molecular weight is 553 g/mol. The highest BCUT2D eigenvalue weighted by Crippen LogP contribution is 2.41. The number of methoxy groups -OCH3 is 1. The Morgan fingerprint density at radius 2 is 1.79 bits per heavy atom. The third kappa shape index (κ3) is 5.39. The van der Waals surface area contributed by atoms with Gasteiger partial charge in [-0.05, 0) is 69.9 Å². The van der Waals surface area contributed by atoms with E-state index in [-0.39, 0.29) is 18.0 Å². The molecule has 0 unspecified atom stereocenters. The molecule has 0 amide bonds. The van der Waals surface area contributed by atoms with Gasteiger partial charge in [0.2, 0.25) is 0 Å². The number of rotatable bonds is 7. The molecule has 2 aliphatic heterocycles. The van der Waals surface area contributed by atoms with Crippen LogP contribution in [0.5, 0.6) is 5.75 Å². The molecule has 0 N–H and O–H groups in total. The number of nitrogens with zero attached hydrogens (tertiary/aromatic N) is 1. The molecule has 0 aliphatic carbocycles. The Bertz CT molecular complexity index is 1310. The van der Waals surface area contributed by atoms with Gasteiger partial charge in [0.1, 0.15) is 11.9 Å². The lowest BCUT2D eigenvalue weighted by atomic mass is 9.78. The van der Waals surface area contributed by atoms with Gasteiger partial charge in [-0.3, -0.25) is 4.31 Å². The van der Waals surface area contributed by atoms with Gasteiger partial charge in [-0.1, -0.05) is 18.7 Å². The zero-order valence-corrected chi connectivity index (χ0v) is 22.8. The highest BCUT2D eigenvalue weighted by Gasteiger charge is 2.52. The van der Waals surface area contributed by atoms with Gasteiger partial charge in [-0.25, -0.2) is 8.42 Å². The molecule has 12 heteroatoms. The quantitative estimate of drug-likeness (QED) is 0.359. The van der Waals surface area contributed by atoms with Crippen molar-refractivity contribution in [3.8, 4) is 5.75 Å². The Balaban J connectivity index is 1.76. The molecule has 0 bridgehead atoms. The van der Waals surface area contributed by atoms with Gasteiger partial charge in [0.15, 0.2) is 0 Å². The monoisotopic (exact) mass is 553 g/mol. The topological polar surface area (TPSA) is 74.3 Å². The molecule has 38 heavy (non-hydrogen) atoms. The first-order valence-corrected chi connectivity index (χ1v) is 13.6. The number of benzene rings is 2. The lowest BCUT2D eigenvalue weighted by Gasteiger charge is -2.36. The van der Waals surface area contributed by atoms with Crippen molar-refractivity contribution in [2.24, 2.45) is 0 Å². The van der Waals surface area contributed by atoms with Gasteiger partial charge in [0, 0.05) is 6.42 Å². The Morgan fingerprint density at radius 3 is 2.39 bits per heavy atom. The van der Waals surface area contributed by atoms with Crippen LogP contribution in [0.25, 0.3) is 0 Å². The smallest absolute Gasteiger partial charge is 0.494 e. The van der Waals surface area contributed by atoms with Crippen LogP contribution in [-0.4, -0.2) is 46.5 Å². The molecule has 2 aromatic carbocycles. The normalized spacial score (nSPS) is 20.6. The van der Waals surface area contributed by atoms with Crippen molar-refractivity contribution in [3.63, 3.8) is 0 Å². The summed E-state index contributed by atoms with van der Waals surface area (Å²) in [6, 6.07) is 8.66. The molecule has 2 heterocycles. The maximum absolute atomic E-state index is 13.8. The Morgan fingerprint density at radius 1 is 1.13 bits per heavy atom. The summed E-state index contributed by atoms with van der Waals surface area (Å²) >= 11 is 0. The van der Waals surface area contributed by atoms with E-state index in [1.807, 2.05) is 27.7 Å². The number of anilines is 1. The number of allylic oxidation sites excluding steroid dienone is 1. The van der Waals surface area contributed by atoms with Crippen molar-refractivity contribution in [1.82, 2.24) is 0 Å². The SMILES string of the molecule is C=C(CC[C@H]1CN(S(=O)(=O)c2cccc(C(F)(F)F)c2)c2cc(B3OC(C)(C)C(C)(C)O3)ccc2O1)OC. The maximum Gasteiger partial charge on any atom is 0.494 e. The van der Waals surface area contributed by atoms with Crippen LogP contribution in [0.15, 0.2) is 59.7 Å². The Kier molecular flexibility index (Phi) is 7.30. The lowest BCUT2D eigenvalue weighted by Crippen LogP contribution is -2.45. The summed E-state index contributed by atoms with van der Waals surface area (Å²) in [4.78, 5) is -0.471. The van der Waals surface area contributed by atoms with E-state index >= 15 is 0 Å². The molecule has 206 valence electrons. The molecule has 1 atom stereocenters. The van der Waals surface area contributed by atoms with Crippen LogP contribution in [0, 0.1) is 0 Å². The molecule has 7 nitrogen and oxygen atoms in total. The van der Waals surface area contributed by atoms with E-state index in [0.717, 1.165) is 22.5 Å². The van der Waals surface area contributed by atoms with E-state index in [2.05, 4.69) is 6.58 Å². The first kappa shape index (κ1) is 28.3. The molecule has 2 aromatic rings. The minimum Gasteiger partial charge on any atom is -0.502 e. The molecule has 0 spiro atoms. The number of ether oxygens (including phenoxy) is 2. The number of sulfonamides is 1. The van der Waals surface area contributed by atoms with Gasteiger partial charge in [0.25, 0.3) is 10.0 Å². The molecule has 2 aliphatic rings. The molecule has 0 radical (unpaired) electrons. The van der Waals surface area contributed by atoms with Crippen LogP contribution in [0.2, 0.25) is 0 Å². The van der Waals surface area contributed by atoms with Crippen molar-refractivity contribution in [3.05, 3.63) is 60.4 Å². The van der Waals surface area contributed by atoms with E-state index in [4.69, 9.17) is 18.8 Å². The summed E-state index contributed by atoms with van der Waals surface area (Å²) in [7, 11) is -3.69. The van der Waals surface area contributed by atoms with E-state index < -0.39 is 51.1 Å². The van der Waals surface area contributed by atoms with Crippen LogP contribution in [0.3, 0.4) is 0 Å². The fraction of sp³-hybridized carbons (Fsp3) is 0.462. The molecule has 0 saturated carbocycles. The van der Waals surface area contributed by atoms with Crippen LogP contribution in [0.4, 0.5) is 18.9 Å². The largest absolute Gasteiger partial charge is 0.502 e. The zero-order chi connectivity index (χ0) is 28.1. The standard InChI is InChI=1S/C26H31BF3NO6S/c1-17(34-6)10-12-20-16-31(38(32,33)21-9-7-8-18(14-21)26(28,29)30)22-15-19(11-13-23(22)35-20)27-36-24(2,3)25(4,5)37-27/h7-9,11,13-15,20H,1,10,12,16H2,2-6H3/t20-/m0/s1. The van der Waals surface area contributed by atoms with Crippen molar-refractivity contribution >= 4 is 28.3 Å². The second kappa shape index (κ2) is 9.80. The predicted octanol–water partition coefficient (Wildman–Crippen LogP) is 4.90. The predicted molar refractivity (Wildman–Crippen MR) is 138 cm³/mol. The van der Waals surface area contributed by atoms with Crippen LogP contribution in [-0.2, 0) is 30.2 Å². The van der Waals surface area contributed by atoms with Crippen molar-refractivity contribution in [2.75, 3.05) is 18.0 Å². The summed E-state index contributed by atoms with van der Waals surface area (Å²) in [5, 5.41) is 0. The third-order valence-corrected chi connectivity index (χ3v) is 9.00. The van der Waals surface area contributed by atoms with E-state index in [1.54, 1.807) is 18.2 Å². The third-order valence-electron chi connectivity index (χ3n) is 7.22. The number of hydrogen-bond donors (Lipinski definition) is 0. The molecule has 0 aromatic heterocycles. The van der Waals surface area contributed by atoms with E-state index in [1.165, 1.54) is 7.11 Å². The van der Waals surface area contributed by atoms with Gasteiger partial charge in [-0.15, -0.1) is 0 Å². The fourth-order valence-corrected chi connectivity index (χ4v) is 5.76. The number of fused-ring (bicyclic) bond motifs is 1. The summed E-state index contributed by atoms with van der Waals surface area (Å²) in [5.74, 6) is 0.780. The van der Waals surface area contributed by atoms with Crippen molar-refractivity contribution in [2.45, 2.75) is 68.9 Å². The number of hydrogen-bond acceptors (Lipinski definition) is 6. The van der Waals surface area contributed by atoms with E-state index in [0.29, 0.717) is 30.1 Å². The van der Waals surface area contributed by atoms with E-state index in [9.17, 15) is 21.6 Å². The van der Waals surface area contributed by atoms with Crippen molar-refractivity contribution < 1.29 is 40.4 Å². The Hall–Kier alpha value is -2.70. The summed E-state index contributed by atoms with van der Waals surface area (Å²) in [6.45, 7) is 11.3. The average Bonchev–Trinajstić information content (AvgIpc) is 3.07. The van der Waals surface area contributed by atoms with Crippen LogP contribution in [0.1, 0.15) is 46.1 Å². The molecular weight excluding hydrogens is 522 g/mol. The maximum atomic E-state index is 13.8. The summed E-state index contributed by atoms with van der Waals surface area (Å²) in [6.07, 6.45) is -4.47. The number of alkyl halides is 3. The molecule has 1 fully saturated rings. The molecule has 4 rings (SSSR count). The van der Waals surface area contributed by atoms with Gasteiger partial charge >= 0.3 is 13.3 Å². The molecule has 1 saturated heterocycles. The highest BCUT2D eigenvalue weighted by molar-refractivity contribution is 7.92. The highest BCUT2D eigenvalue weighted by atomic mass is 32.2. The van der Waals surface area contributed by atoms with Gasteiger partial charge in [-0.2, -0.15) is 13.2 Å². The lowest BCUT2D eigenvalue weighted by molar-refractivity contribution is -0.137. The first-order chi connectivity index (χ1) is 17.5. The van der Waals surface area contributed by atoms with Crippen LogP contribution < -0.4 is 14.5 Å². The Labute approximate surface area is 221 Å². The van der Waals surface area contributed by atoms with Gasteiger partial charge in [0.05, 0.1) is 46.8 Å². The minimum atomic E-state index is -4.69. The molecular formula is C26H31BF3NO6S. The second-order valence-corrected chi connectivity index (χ2v) is 12.3. The summed E-state index contributed by atoms with van der Waals surface area (Å²) < 4.78 is 92.3.